The van der Waals surface area contributed by atoms with Crippen LogP contribution in [0.2, 0.25) is 0 Å². The molecule has 0 bridgehead atoms. The molecular formula is C21H18N2O3. The summed E-state index contributed by atoms with van der Waals surface area (Å²) in [6.45, 7) is 0.511. The van der Waals surface area contributed by atoms with Gasteiger partial charge in [0.2, 0.25) is 5.91 Å². The summed E-state index contributed by atoms with van der Waals surface area (Å²) in [5.74, 6) is -0.493. The Balaban J connectivity index is 1.36. The highest BCUT2D eigenvalue weighted by atomic mass is 16.5. The zero-order valence-corrected chi connectivity index (χ0v) is 14.1. The monoisotopic (exact) mass is 346 g/mol. The van der Waals surface area contributed by atoms with Crippen molar-refractivity contribution in [1.29, 1.82) is 0 Å². The summed E-state index contributed by atoms with van der Waals surface area (Å²) in [6.07, 6.45) is 2.10. The molecule has 0 aliphatic carbocycles. The predicted molar refractivity (Wildman–Crippen MR) is 97.7 cm³/mol. The summed E-state index contributed by atoms with van der Waals surface area (Å²) >= 11 is 0. The largest absolute Gasteiger partial charge is 0.453 e. The summed E-state index contributed by atoms with van der Waals surface area (Å²) in [5, 5.41) is 4.00. The topological polar surface area (TPSA) is 68.3 Å². The minimum atomic E-state index is -0.502. The number of ether oxygens (including phenoxy) is 1. The van der Waals surface area contributed by atoms with Crippen LogP contribution in [-0.4, -0.2) is 23.4 Å². The van der Waals surface area contributed by atoms with Crippen LogP contribution in [0, 0.1) is 0 Å². The fraction of sp³-hybridized carbons (Fsp3) is 0.190. The zero-order valence-electron chi connectivity index (χ0n) is 14.1. The number of aromatic nitrogens is 1. The van der Waals surface area contributed by atoms with E-state index in [1.165, 1.54) is 0 Å². The second kappa shape index (κ2) is 6.96. The van der Waals surface area contributed by atoms with Gasteiger partial charge in [-0.2, -0.15) is 0 Å². The molecule has 1 aliphatic rings. The molecule has 5 nitrogen and oxygen atoms in total. The van der Waals surface area contributed by atoms with E-state index in [9.17, 15) is 9.59 Å². The van der Waals surface area contributed by atoms with Crippen molar-refractivity contribution in [2.75, 3.05) is 6.54 Å². The van der Waals surface area contributed by atoms with E-state index in [0.29, 0.717) is 18.5 Å². The number of pyridine rings is 1. The highest BCUT2D eigenvalue weighted by molar-refractivity contribution is 5.94. The van der Waals surface area contributed by atoms with Gasteiger partial charge in [-0.15, -0.1) is 0 Å². The normalized spacial score (nSPS) is 15.5. The Hall–Kier alpha value is -3.21. The maximum atomic E-state index is 12.3. The number of nitrogens with zero attached hydrogens (tertiary/aromatic N) is 1. The average Bonchev–Trinajstić information content (AvgIpc) is 2.98. The maximum absolute atomic E-state index is 12.3. The number of benzene rings is 2. The van der Waals surface area contributed by atoms with Gasteiger partial charge in [0.25, 0.3) is 0 Å². The van der Waals surface area contributed by atoms with Crippen molar-refractivity contribution < 1.29 is 14.3 Å². The lowest BCUT2D eigenvalue weighted by molar-refractivity contribution is -0.122. The lowest BCUT2D eigenvalue weighted by Crippen LogP contribution is -2.27. The number of hydrogen-bond donors (Lipinski definition) is 1. The van der Waals surface area contributed by atoms with Crippen LogP contribution in [0.5, 0.6) is 0 Å². The van der Waals surface area contributed by atoms with E-state index in [1.807, 2.05) is 42.5 Å². The number of esters is 1. The fourth-order valence-corrected chi connectivity index (χ4v) is 3.32. The maximum Gasteiger partial charge on any atom is 0.339 e. The molecule has 0 saturated carbocycles. The van der Waals surface area contributed by atoms with Crippen LogP contribution in [0.15, 0.2) is 60.8 Å². The first-order valence-electron chi connectivity index (χ1n) is 8.61. The van der Waals surface area contributed by atoms with Gasteiger partial charge in [0.1, 0.15) is 6.10 Å². The van der Waals surface area contributed by atoms with Gasteiger partial charge in [0, 0.05) is 23.7 Å². The van der Waals surface area contributed by atoms with E-state index in [0.717, 1.165) is 22.0 Å². The van der Waals surface area contributed by atoms with E-state index in [1.54, 1.807) is 18.3 Å². The SMILES string of the molecule is O=C(C[C@@H]1OC(=O)c2ccccc21)NCCc1cccc2cccnc12. The molecule has 3 aromatic rings. The summed E-state index contributed by atoms with van der Waals surface area (Å²) in [5.41, 5.74) is 3.39. The second-order valence-corrected chi connectivity index (χ2v) is 6.28. The number of para-hydroxylation sites is 1. The molecule has 1 atom stereocenters. The van der Waals surface area contributed by atoms with Gasteiger partial charge in [-0.1, -0.05) is 42.5 Å². The van der Waals surface area contributed by atoms with Crippen molar-refractivity contribution in [2.45, 2.75) is 18.9 Å². The van der Waals surface area contributed by atoms with Gasteiger partial charge in [0.05, 0.1) is 17.5 Å². The Morgan fingerprint density at radius 2 is 1.92 bits per heavy atom. The molecule has 0 fully saturated rings. The van der Waals surface area contributed by atoms with Gasteiger partial charge < -0.3 is 10.1 Å². The van der Waals surface area contributed by atoms with Crippen LogP contribution in [0.4, 0.5) is 0 Å². The zero-order chi connectivity index (χ0) is 17.9. The van der Waals surface area contributed by atoms with Crippen molar-refractivity contribution in [3.63, 3.8) is 0 Å². The number of cyclic esters (lactones) is 1. The van der Waals surface area contributed by atoms with Crippen LogP contribution in [0.25, 0.3) is 10.9 Å². The third-order valence-electron chi connectivity index (χ3n) is 4.58. The van der Waals surface area contributed by atoms with Gasteiger partial charge >= 0.3 is 5.97 Å². The standard InChI is InChI=1S/C21H18N2O3/c24-19(13-18-16-8-1-2-9-17(16)21(25)26-18)22-12-10-15-6-3-5-14-7-4-11-23-20(14)15/h1-9,11,18H,10,12-13H2,(H,22,24)/t18-/m0/s1. The third kappa shape index (κ3) is 3.16. The molecule has 2 aromatic carbocycles. The first-order chi connectivity index (χ1) is 12.7. The quantitative estimate of drug-likeness (QED) is 0.721. The smallest absolute Gasteiger partial charge is 0.339 e. The number of rotatable bonds is 5. The molecule has 1 N–H and O–H groups in total. The average molecular weight is 346 g/mol. The van der Waals surface area contributed by atoms with Crippen LogP contribution < -0.4 is 5.32 Å². The van der Waals surface area contributed by atoms with Gasteiger partial charge in [-0.3, -0.25) is 9.78 Å². The van der Waals surface area contributed by atoms with Crippen molar-refractivity contribution in [1.82, 2.24) is 10.3 Å². The van der Waals surface area contributed by atoms with Crippen LogP contribution in [0.1, 0.15) is 34.0 Å². The number of carbonyl (C=O) groups is 2. The molecule has 1 amide bonds. The number of carbonyl (C=O) groups excluding carboxylic acids is 2. The minimum Gasteiger partial charge on any atom is -0.453 e. The highest BCUT2D eigenvalue weighted by Gasteiger charge is 2.31. The van der Waals surface area contributed by atoms with Crippen molar-refractivity contribution >= 4 is 22.8 Å². The highest BCUT2D eigenvalue weighted by Crippen LogP contribution is 2.32. The molecule has 1 aromatic heterocycles. The molecule has 4 rings (SSSR count). The number of nitrogens with one attached hydrogen (secondary N) is 1. The first kappa shape index (κ1) is 16.3. The molecule has 0 radical (unpaired) electrons. The van der Waals surface area contributed by atoms with Crippen molar-refractivity contribution in [3.05, 3.63) is 77.5 Å². The fourth-order valence-electron chi connectivity index (χ4n) is 3.32. The van der Waals surface area contributed by atoms with E-state index in [4.69, 9.17) is 4.74 Å². The Morgan fingerprint density at radius 1 is 1.08 bits per heavy atom. The third-order valence-corrected chi connectivity index (χ3v) is 4.58. The van der Waals surface area contributed by atoms with E-state index in [2.05, 4.69) is 10.3 Å². The van der Waals surface area contributed by atoms with Gasteiger partial charge in [-0.25, -0.2) is 4.79 Å². The number of amides is 1. The molecule has 130 valence electrons. The van der Waals surface area contributed by atoms with Crippen LogP contribution in [0.3, 0.4) is 0 Å². The molecular weight excluding hydrogens is 328 g/mol. The lowest BCUT2D eigenvalue weighted by Gasteiger charge is -2.11. The molecule has 26 heavy (non-hydrogen) atoms. The number of fused-ring (bicyclic) bond motifs is 2. The van der Waals surface area contributed by atoms with Crippen LogP contribution >= 0.6 is 0 Å². The van der Waals surface area contributed by atoms with Crippen molar-refractivity contribution in [3.8, 4) is 0 Å². The van der Waals surface area contributed by atoms with Crippen LogP contribution in [-0.2, 0) is 16.0 Å². The summed E-state index contributed by atoms with van der Waals surface area (Å²) in [6, 6.07) is 17.2. The van der Waals surface area contributed by atoms with Gasteiger partial charge in [0.15, 0.2) is 0 Å². The minimum absolute atomic E-state index is 0.132. The summed E-state index contributed by atoms with van der Waals surface area (Å²) in [4.78, 5) is 28.5. The molecule has 5 heteroatoms. The molecule has 2 heterocycles. The molecule has 0 spiro atoms. The Bertz CT molecular complexity index is 978. The summed E-state index contributed by atoms with van der Waals surface area (Å²) < 4.78 is 5.31. The van der Waals surface area contributed by atoms with E-state index in [-0.39, 0.29) is 18.3 Å². The number of hydrogen-bond acceptors (Lipinski definition) is 4. The Kier molecular flexibility index (Phi) is 4.35. The molecule has 1 aliphatic heterocycles. The predicted octanol–water partition coefficient (Wildman–Crippen LogP) is 3.20. The summed E-state index contributed by atoms with van der Waals surface area (Å²) in [7, 11) is 0. The molecule has 0 saturated heterocycles. The van der Waals surface area contributed by atoms with E-state index >= 15 is 0 Å². The van der Waals surface area contributed by atoms with E-state index < -0.39 is 6.10 Å². The Labute approximate surface area is 151 Å². The van der Waals surface area contributed by atoms with Gasteiger partial charge in [-0.05, 0) is 24.1 Å². The molecule has 0 unspecified atom stereocenters. The lowest BCUT2D eigenvalue weighted by atomic mass is 10.0. The second-order valence-electron chi connectivity index (χ2n) is 6.28. The Morgan fingerprint density at radius 3 is 2.85 bits per heavy atom. The first-order valence-corrected chi connectivity index (χ1v) is 8.61. The van der Waals surface area contributed by atoms with Crippen molar-refractivity contribution in [2.24, 2.45) is 0 Å².